The van der Waals surface area contributed by atoms with E-state index in [0.717, 1.165) is 23.8 Å². The number of amides is 1. The number of benzene rings is 1. The van der Waals surface area contributed by atoms with Crippen molar-refractivity contribution in [2.75, 3.05) is 39.5 Å². The van der Waals surface area contributed by atoms with Gasteiger partial charge in [-0.15, -0.1) is 24.0 Å². The molecule has 0 radical (unpaired) electrons. The highest BCUT2D eigenvalue weighted by Gasteiger charge is 2.53. The van der Waals surface area contributed by atoms with Crippen LogP contribution in [-0.4, -0.2) is 61.4 Å². The molecule has 1 fully saturated rings. The minimum Gasteiger partial charge on any atom is -0.352 e. The molecule has 152 valence electrons. The largest absolute Gasteiger partial charge is 0.352 e. The maximum Gasteiger partial charge on any atom is 0.238 e. The van der Waals surface area contributed by atoms with Gasteiger partial charge >= 0.3 is 0 Å². The van der Waals surface area contributed by atoms with Crippen LogP contribution in [0.3, 0.4) is 0 Å². The van der Waals surface area contributed by atoms with Gasteiger partial charge in [0.15, 0.2) is 5.96 Å². The average Bonchev–Trinajstić information content (AvgIpc) is 2.53. The smallest absolute Gasteiger partial charge is 0.238 e. The number of carbonyl (C=O) groups excluding carboxylic acids is 1. The second-order valence-electron chi connectivity index (χ2n) is 8.42. The first kappa shape index (κ1) is 23.7. The lowest BCUT2D eigenvalue weighted by molar-refractivity contribution is -0.116. The average molecular weight is 487 g/mol. The Hall–Kier alpha value is -1.35. The Bertz CT molecular complexity index is 685. The first-order valence-electron chi connectivity index (χ1n) is 9.08. The van der Waals surface area contributed by atoms with Gasteiger partial charge in [0.05, 0.1) is 6.54 Å². The predicted octanol–water partition coefficient (Wildman–Crippen LogP) is 3.00. The van der Waals surface area contributed by atoms with Crippen molar-refractivity contribution in [1.29, 1.82) is 0 Å². The van der Waals surface area contributed by atoms with Crippen LogP contribution in [0.15, 0.2) is 29.3 Å². The summed E-state index contributed by atoms with van der Waals surface area (Å²) in [5.41, 5.74) is 2.25. The van der Waals surface area contributed by atoms with Crippen LogP contribution in [0.4, 0.5) is 5.69 Å². The van der Waals surface area contributed by atoms with Crippen molar-refractivity contribution in [3.05, 3.63) is 29.8 Å². The monoisotopic (exact) mass is 487 g/mol. The van der Waals surface area contributed by atoms with Crippen LogP contribution < -0.4 is 10.6 Å². The zero-order valence-corrected chi connectivity index (χ0v) is 19.9. The second kappa shape index (κ2) is 9.23. The lowest BCUT2D eigenvalue weighted by Crippen LogP contribution is -2.72. The van der Waals surface area contributed by atoms with Gasteiger partial charge in [0.2, 0.25) is 5.91 Å². The van der Waals surface area contributed by atoms with Crippen LogP contribution in [0.5, 0.6) is 0 Å². The van der Waals surface area contributed by atoms with Gasteiger partial charge in [-0.3, -0.25) is 9.79 Å². The fourth-order valence-corrected chi connectivity index (χ4v) is 3.12. The van der Waals surface area contributed by atoms with Crippen LogP contribution in [0.1, 0.15) is 33.3 Å². The van der Waals surface area contributed by atoms with E-state index >= 15 is 0 Å². The zero-order valence-electron chi connectivity index (χ0n) is 17.6. The highest BCUT2D eigenvalue weighted by Crippen LogP contribution is 2.46. The lowest BCUT2D eigenvalue weighted by atomic mass is 9.65. The maximum absolute atomic E-state index is 11.9. The summed E-state index contributed by atoms with van der Waals surface area (Å²) in [6.07, 6.45) is 0. The van der Waals surface area contributed by atoms with Gasteiger partial charge in [-0.05, 0) is 45.6 Å². The summed E-state index contributed by atoms with van der Waals surface area (Å²) in [5.74, 6) is 0.900. The highest BCUT2D eigenvalue weighted by molar-refractivity contribution is 14.0. The van der Waals surface area contributed by atoms with Crippen molar-refractivity contribution < 1.29 is 4.79 Å². The van der Waals surface area contributed by atoms with Crippen LogP contribution in [0, 0.1) is 5.41 Å². The van der Waals surface area contributed by atoms with E-state index < -0.39 is 0 Å². The van der Waals surface area contributed by atoms with E-state index in [1.54, 1.807) is 0 Å². The summed E-state index contributed by atoms with van der Waals surface area (Å²) < 4.78 is 0. The minimum absolute atomic E-state index is 0. The molecule has 1 saturated heterocycles. The summed E-state index contributed by atoms with van der Waals surface area (Å²) in [4.78, 5) is 20.5. The number of aliphatic imine (C=N–C) groups is 1. The third-order valence-corrected chi connectivity index (χ3v) is 5.47. The number of halogens is 1. The maximum atomic E-state index is 11.9. The number of likely N-dealkylation sites (tertiary alicyclic amines) is 1. The summed E-state index contributed by atoms with van der Waals surface area (Å²) >= 11 is 0. The molecule has 2 N–H and O–H groups in total. The van der Waals surface area contributed by atoms with Crippen molar-refractivity contribution in [2.24, 2.45) is 10.4 Å². The van der Waals surface area contributed by atoms with Crippen molar-refractivity contribution in [2.45, 2.75) is 39.8 Å². The molecular formula is C20H34IN5O. The topological polar surface area (TPSA) is 60.0 Å². The van der Waals surface area contributed by atoms with E-state index in [1.165, 1.54) is 0 Å². The number of hydrogen-bond acceptors (Lipinski definition) is 3. The Labute approximate surface area is 180 Å². The molecule has 0 atom stereocenters. The van der Waals surface area contributed by atoms with Gasteiger partial charge in [-0.25, -0.2) is 0 Å². The molecular weight excluding hydrogens is 453 g/mol. The number of rotatable bonds is 5. The third kappa shape index (κ3) is 5.57. The molecule has 27 heavy (non-hydrogen) atoms. The molecule has 0 unspecified atom stereocenters. The van der Waals surface area contributed by atoms with Crippen molar-refractivity contribution in [3.8, 4) is 0 Å². The van der Waals surface area contributed by atoms with Gasteiger partial charge in [-0.2, -0.15) is 0 Å². The summed E-state index contributed by atoms with van der Waals surface area (Å²) in [5, 5.41) is 6.38. The van der Waals surface area contributed by atoms with Crippen LogP contribution in [0.2, 0.25) is 0 Å². The number of likely N-dealkylation sites (N-methyl/N-ethyl adjacent to an activating group) is 1. The number of nitrogens with zero attached hydrogens (tertiary/aromatic N) is 3. The van der Waals surface area contributed by atoms with Crippen molar-refractivity contribution >= 4 is 41.5 Å². The SMILES string of the molecule is CN=C(NCc1cccc(NC(=O)CN(C)C)c1)N1CC(C)(C)C1(C)C.I. The fraction of sp³-hybridized carbons (Fsp3) is 0.600. The molecule has 0 aromatic heterocycles. The van der Waals surface area contributed by atoms with E-state index in [1.807, 2.05) is 50.3 Å². The molecule has 1 aliphatic heterocycles. The molecule has 1 heterocycles. The van der Waals surface area contributed by atoms with Gasteiger partial charge in [0.25, 0.3) is 0 Å². The van der Waals surface area contributed by atoms with Crippen LogP contribution in [0.25, 0.3) is 0 Å². The molecule has 0 bridgehead atoms. The summed E-state index contributed by atoms with van der Waals surface area (Å²) in [6.45, 7) is 11.1. The van der Waals surface area contributed by atoms with E-state index in [-0.39, 0.29) is 40.8 Å². The Balaban J connectivity index is 0.00000364. The molecule has 2 rings (SSSR count). The first-order chi connectivity index (χ1) is 12.1. The first-order valence-corrected chi connectivity index (χ1v) is 9.08. The number of carbonyl (C=O) groups is 1. The molecule has 0 spiro atoms. The van der Waals surface area contributed by atoms with Crippen LogP contribution >= 0.6 is 24.0 Å². The quantitative estimate of drug-likeness (QED) is 0.381. The lowest BCUT2D eigenvalue weighted by Gasteiger charge is -2.62. The standard InChI is InChI=1S/C20H33N5O.HI/c1-19(2)14-25(20(19,3)4)18(21-5)22-12-15-9-8-10-16(11-15)23-17(26)13-24(6)7;/h8-11H,12-14H2,1-7H3,(H,21,22)(H,23,26);1H. The molecule has 7 heteroatoms. The van der Waals surface area contributed by atoms with E-state index in [2.05, 4.69) is 48.2 Å². The van der Waals surface area contributed by atoms with Gasteiger partial charge in [-0.1, -0.05) is 26.0 Å². The van der Waals surface area contributed by atoms with E-state index in [0.29, 0.717) is 13.1 Å². The Morgan fingerprint density at radius 1 is 1.26 bits per heavy atom. The second-order valence-corrected chi connectivity index (χ2v) is 8.42. The molecule has 0 aliphatic carbocycles. The Kier molecular flexibility index (Phi) is 8.10. The predicted molar refractivity (Wildman–Crippen MR) is 124 cm³/mol. The normalized spacial score (nSPS) is 17.8. The Morgan fingerprint density at radius 3 is 2.44 bits per heavy atom. The Morgan fingerprint density at radius 2 is 1.93 bits per heavy atom. The molecule has 1 aromatic carbocycles. The molecule has 6 nitrogen and oxygen atoms in total. The fourth-order valence-electron chi connectivity index (χ4n) is 3.12. The number of anilines is 1. The van der Waals surface area contributed by atoms with Gasteiger partial charge in [0, 0.05) is 36.8 Å². The number of nitrogens with one attached hydrogen (secondary N) is 2. The summed E-state index contributed by atoms with van der Waals surface area (Å²) in [6, 6.07) is 7.92. The van der Waals surface area contributed by atoms with E-state index in [4.69, 9.17) is 0 Å². The highest BCUT2D eigenvalue weighted by atomic mass is 127. The minimum atomic E-state index is -0.0134. The number of guanidine groups is 1. The number of hydrogen-bond donors (Lipinski definition) is 2. The van der Waals surface area contributed by atoms with Gasteiger partial charge < -0.3 is 20.4 Å². The third-order valence-electron chi connectivity index (χ3n) is 5.47. The van der Waals surface area contributed by atoms with Crippen molar-refractivity contribution in [1.82, 2.24) is 15.1 Å². The molecule has 0 saturated carbocycles. The zero-order chi connectivity index (χ0) is 19.5. The molecule has 1 aliphatic rings. The summed E-state index contributed by atoms with van der Waals surface area (Å²) in [7, 11) is 5.58. The molecule has 1 amide bonds. The van der Waals surface area contributed by atoms with Gasteiger partial charge in [0.1, 0.15) is 0 Å². The van der Waals surface area contributed by atoms with Crippen LogP contribution in [-0.2, 0) is 11.3 Å². The van der Waals surface area contributed by atoms with Crippen molar-refractivity contribution in [3.63, 3.8) is 0 Å². The van der Waals surface area contributed by atoms with E-state index in [9.17, 15) is 4.79 Å². The molecule has 1 aromatic rings.